The Hall–Kier alpha value is -3.08. The highest BCUT2D eigenvalue weighted by Gasteiger charge is 2.14. The molecule has 0 spiro atoms. The van der Waals surface area contributed by atoms with Crippen LogP contribution in [0.15, 0.2) is 61.1 Å². The number of aryl methyl sites for hydroxylation is 1. The highest BCUT2D eigenvalue weighted by Crippen LogP contribution is 2.22. The number of aromatic nitrogens is 2. The first kappa shape index (κ1) is 17.7. The SMILES string of the molecule is CCOc1cccc(CNC(=O)c2cc(-c3ccncc3)cn2CC)c1. The minimum absolute atomic E-state index is 0.0889. The largest absolute Gasteiger partial charge is 0.494 e. The Morgan fingerprint density at radius 1 is 1.12 bits per heavy atom. The standard InChI is InChI=1S/C21H23N3O2/c1-3-24-15-18(17-8-10-22-11-9-17)13-20(24)21(25)23-14-16-6-5-7-19(12-16)26-4-2/h5-13,15H,3-4,14H2,1-2H3,(H,23,25). The average Bonchev–Trinajstić information content (AvgIpc) is 3.12. The van der Waals surface area contributed by atoms with E-state index in [1.807, 2.05) is 67.1 Å². The Kier molecular flexibility index (Phi) is 5.69. The number of hydrogen-bond donors (Lipinski definition) is 1. The van der Waals surface area contributed by atoms with Crippen LogP contribution in [0.1, 0.15) is 29.9 Å². The maximum Gasteiger partial charge on any atom is 0.268 e. The van der Waals surface area contributed by atoms with Gasteiger partial charge in [0.05, 0.1) is 6.61 Å². The topological polar surface area (TPSA) is 56.1 Å². The fraction of sp³-hybridized carbons (Fsp3) is 0.238. The molecular formula is C21H23N3O2. The van der Waals surface area contributed by atoms with E-state index in [9.17, 15) is 4.79 Å². The van der Waals surface area contributed by atoms with Crippen molar-refractivity contribution < 1.29 is 9.53 Å². The quantitative estimate of drug-likeness (QED) is 0.704. The van der Waals surface area contributed by atoms with Gasteiger partial charge in [0.1, 0.15) is 11.4 Å². The third-order valence-electron chi connectivity index (χ3n) is 4.15. The van der Waals surface area contributed by atoms with Gasteiger partial charge >= 0.3 is 0 Å². The molecule has 3 rings (SSSR count). The molecular weight excluding hydrogens is 326 g/mol. The van der Waals surface area contributed by atoms with Crippen LogP contribution in [0, 0.1) is 0 Å². The summed E-state index contributed by atoms with van der Waals surface area (Å²) in [6.45, 7) is 5.79. The molecule has 2 aromatic heterocycles. The van der Waals surface area contributed by atoms with Crippen molar-refractivity contribution in [2.24, 2.45) is 0 Å². The molecule has 5 heteroatoms. The third kappa shape index (κ3) is 4.11. The van der Waals surface area contributed by atoms with E-state index in [-0.39, 0.29) is 5.91 Å². The van der Waals surface area contributed by atoms with Crippen molar-refractivity contribution in [1.82, 2.24) is 14.9 Å². The van der Waals surface area contributed by atoms with E-state index >= 15 is 0 Å². The van der Waals surface area contributed by atoms with Gasteiger partial charge < -0.3 is 14.6 Å². The molecule has 2 heterocycles. The number of nitrogens with zero attached hydrogens (tertiary/aromatic N) is 2. The minimum Gasteiger partial charge on any atom is -0.494 e. The molecule has 0 fully saturated rings. The first-order valence-corrected chi connectivity index (χ1v) is 8.81. The molecule has 0 saturated carbocycles. The van der Waals surface area contributed by atoms with Crippen LogP contribution in [0.25, 0.3) is 11.1 Å². The fourth-order valence-electron chi connectivity index (χ4n) is 2.85. The van der Waals surface area contributed by atoms with Gasteiger partial charge in [0, 0.05) is 37.2 Å². The highest BCUT2D eigenvalue weighted by atomic mass is 16.5. The van der Waals surface area contributed by atoms with Gasteiger partial charge in [-0.1, -0.05) is 12.1 Å². The van der Waals surface area contributed by atoms with Crippen molar-refractivity contribution in [1.29, 1.82) is 0 Å². The molecule has 0 bridgehead atoms. The van der Waals surface area contributed by atoms with E-state index < -0.39 is 0 Å². The van der Waals surface area contributed by atoms with Crippen LogP contribution < -0.4 is 10.1 Å². The third-order valence-corrected chi connectivity index (χ3v) is 4.15. The summed E-state index contributed by atoms with van der Waals surface area (Å²) in [7, 11) is 0. The number of benzene rings is 1. The number of carbonyl (C=O) groups excluding carboxylic acids is 1. The summed E-state index contributed by atoms with van der Waals surface area (Å²) in [6.07, 6.45) is 5.51. The molecule has 0 radical (unpaired) electrons. The highest BCUT2D eigenvalue weighted by molar-refractivity contribution is 5.94. The predicted octanol–water partition coefficient (Wildman–Crippen LogP) is 3.90. The first-order chi connectivity index (χ1) is 12.7. The molecule has 26 heavy (non-hydrogen) atoms. The summed E-state index contributed by atoms with van der Waals surface area (Å²) >= 11 is 0. The molecule has 0 unspecified atom stereocenters. The van der Waals surface area contributed by atoms with Gasteiger partial charge in [-0.3, -0.25) is 9.78 Å². The second-order valence-corrected chi connectivity index (χ2v) is 5.90. The van der Waals surface area contributed by atoms with Crippen molar-refractivity contribution in [2.75, 3.05) is 6.61 Å². The molecule has 134 valence electrons. The Morgan fingerprint density at radius 3 is 2.65 bits per heavy atom. The maximum atomic E-state index is 12.7. The lowest BCUT2D eigenvalue weighted by Crippen LogP contribution is -2.25. The molecule has 0 aliphatic heterocycles. The van der Waals surface area contributed by atoms with E-state index in [4.69, 9.17) is 4.74 Å². The average molecular weight is 349 g/mol. The van der Waals surface area contributed by atoms with E-state index in [1.54, 1.807) is 12.4 Å². The summed E-state index contributed by atoms with van der Waals surface area (Å²) in [5.74, 6) is 0.727. The molecule has 1 aromatic carbocycles. The summed E-state index contributed by atoms with van der Waals surface area (Å²) in [6, 6.07) is 13.6. The van der Waals surface area contributed by atoms with Crippen LogP contribution in [-0.2, 0) is 13.1 Å². The van der Waals surface area contributed by atoms with Crippen LogP contribution in [0.3, 0.4) is 0 Å². The van der Waals surface area contributed by atoms with Crippen LogP contribution in [0.5, 0.6) is 5.75 Å². The lowest BCUT2D eigenvalue weighted by Gasteiger charge is -2.09. The molecule has 0 atom stereocenters. The van der Waals surface area contributed by atoms with Crippen molar-refractivity contribution in [2.45, 2.75) is 26.9 Å². The fourth-order valence-corrected chi connectivity index (χ4v) is 2.85. The van der Waals surface area contributed by atoms with Gasteiger partial charge in [-0.05, 0) is 55.3 Å². The van der Waals surface area contributed by atoms with Gasteiger partial charge in [-0.15, -0.1) is 0 Å². The predicted molar refractivity (Wildman–Crippen MR) is 102 cm³/mol. The number of carbonyl (C=O) groups is 1. The van der Waals surface area contributed by atoms with Gasteiger partial charge in [-0.2, -0.15) is 0 Å². The molecule has 1 N–H and O–H groups in total. The molecule has 0 saturated heterocycles. The Labute approximate surface area is 153 Å². The first-order valence-electron chi connectivity index (χ1n) is 8.81. The maximum absolute atomic E-state index is 12.7. The smallest absolute Gasteiger partial charge is 0.268 e. The number of amides is 1. The molecule has 3 aromatic rings. The lowest BCUT2D eigenvalue weighted by molar-refractivity contribution is 0.0941. The second-order valence-electron chi connectivity index (χ2n) is 5.90. The number of pyridine rings is 1. The van der Waals surface area contributed by atoms with Gasteiger partial charge in [0.25, 0.3) is 5.91 Å². The molecule has 0 aliphatic rings. The van der Waals surface area contributed by atoms with Crippen molar-refractivity contribution in [3.63, 3.8) is 0 Å². The zero-order valence-corrected chi connectivity index (χ0v) is 15.1. The Bertz CT molecular complexity index is 872. The number of ether oxygens (including phenoxy) is 1. The van der Waals surface area contributed by atoms with Crippen LogP contribution in [-0.4, -0.2) is 22.1 Å². The van der Waals surface area contributed by atoms with Crippen molar-refractivity contribution in [3.05, 3.63) is 72.3 Å². The Morgan fingerprint density at radius 2 is 1.92 bits per heavy atom. The van der Waals surface area contributed by atoms with Crippen molar-refractivity contribution in [3.8, 4) is 16.9 Å². The van der Waals surface area contributed by atoms with E-state index in [0.717, 1.165) is 29.0 Å². The van der Waals surface area contributed by atoms with Gasteiger partial charge in [0.2, 0.25) is 0 Å². The Balaban J connectivity index is 1.73. The minimum atomic E-state index is -0.0889. The number of rotatable bonds is 7. The van der Waals surface area contributed by atoms with Gasteiger partial charge in [0.15, 0.2) is 0 Å². The summed E-state index contributed by atoms with van der Waals surface area (Å²) in [5.41, 5.74) is 3.72. The van der Waals surface area contributed by atoms with E-state index in [0.29, 0.717) is 18.8 Å². The van der Waals surface area contributed by atoms with Crippen LogP contribution >= 0.6 is 0 Å². The zero-order chi connectivity index (χ0) is 18.4. The lowest BCUT2D eigenvalue weighted by atomic mass is 10.1. The normalized spacial score (nSPS) is 10.5. The van der Waals surface area contributed by atoms with Crippen molar-refractivity contribution >= 4 is 5.91 Å². The number of hydrogen-bond acceptors (Lipinski definition) is 3. The molecule has 5 nitrogen and oxygen atoms in total. The summed E-state index contributed by atoms with van der Waals surface area (Å²) in [4.78, 5) is 16.7. The molecule has 1 amide bonds. The second kappa shape index (κ2) is 8.34. The monoisotopic (exact) mass is 349 g/mol. The van der Waals surface area contributed by atoms with E-state index in [1.165, 1.54) is 0 Å². The van der Waals surface area contributed by atoms with Gasteiger partial charge in [-0.25, -0.2) is 0 Å². The summed E-state index contributed by atoms with van der Waals surface area (Å²) < 4.78 is 7.46. The van der Waals surface area contributed by atoms with Crippen LogP contribution in [0.4, 0.5) is 0 Å². The number of nitrogens with one attached hydrogen (secondary N) is 1. The van der Waals surface area contributed by atoms with Crippen LogP contribution in [0.2, 0.25) is 0 Å². The summed E-state index contributed by atoms with van der Waals surface area (Å²) in [5, 5.41) is 3.00. The molecule has 0 aliphatic carbocycles. The van der Waals surface area contributed by atoms with E-state index in [2.05, 4.69) is 10.3 Å². The zero-order valence-electron chi connectivity index (χ0n) is 15.1.